The molecule has 0 unspecified atom stereocenters. The highest BCUT2D eigenvalue weighted by atomic mass is 127. The summed E-state index contributed by atoms with van der Waals surface area (Å²) in [6.45, 7) is 4.25. The highest BCUT2D eigenvalue weighted by Crippen LogP contribution is 2.22. The summed E-state index contributed by atoms with van der Waals surface area (Å²) in [7, 11) is 0. The van der Waals surface area contributed by atoms with Gasteiger partial charge in [-0.2, -0.15) is 0 Å². The van der Waals surface area contributed by atoms with Gasteiger partial charge in [0.2, 0.25) is 5.88 Å². The molecule has 2 aromatic rings. The van der Waals surface area contributed by atoms with Gasteiger partial charge in [-0.3, -0.25) is 4.98 Å². The third-order valence-electron chi connectivity index (χ3n) is 4.55. The molecule has 3 rings (SSSR count). The van der Waals surface area contributed by atoms with E-state index in [2.05, 4.69) is 32.5 Å². The number of halogens is 1. The Bertz CT molecular complexity index is 702. The summed E-state index contributed by atoms with van der Waals surface area (Å²) in [6.07, 6.45) is 9.68. The van der Waals surface area contributed by atoms with Crippen molar-refractivity contribution in [1.82, 2.24) is 20.6 Å². The topological polar surface area (TPSA) is 71.4 Å². The number of nitrogens with one attached hydrogen (secondary N) is 2. The van der Waals surface area contributed by atoms with Crippen LogP contribution >= 0.6 is 24.0 Å². The van der Waals surface area contributed by atoms with Crippen LogP contribution < -0.4 is 15.4 Å². The predicted octanol–water partition coefficient (Wildman–Crippen LogP) is 3.71. The van der Waals surface area contributed by atoms with E-state index < -0.39 is 0 Å². The van der Waals surface area contributed by atoms with Crippen molar-refractivity contribution in [3.8, 4) is 5.88 Å². The number of aromatic nitrogens is 2. The average molecular weight is 495 g/mol. The van der Waals surface area contributed by atoms with Crippen molar-refractivity contribution < 1.29 is 4.74 Å². The molecule has 6 nitrogen and oxygen atoms in total. The molecule has 2 heterocycles. The Kier molecular flexibility index (Phi) is 10.0. The Morgan fingerprint density at radius 3 is 2.68 bits per heavy atom. The number of rotatable bonds is 8. The maximum atomic E-state index is 5.91. The highest BCUT2D eigenvalue weighted by Gasteiger charge is 2.16. The third kappa shape index (κ3) is 7.61. The Labute approximate surface area is 184 Å². The van der Waals surface area contributed by atoms with E-state index in [9.17, 15) is 0 Å². The molecule has 0 atom stereocenters. The van der Waals surface area contributed by atoms with Crippen molar-refractivity contribution in [2.75, 3.05) is 13.1 Å². The predicted molar refractivity (Wildman–Crippen MR) is 123 cm³/mol. The minimum absolute atomic E-state index is 0. The maximum Gasteiger partial charge on any atom is 0.213 e. The van der Waals surface area contributed by atoms with Gasteiger partial charge in [-0.1, -0.05) is 12.1 Å². The van der Waals surface area contributed by atoms with Crippen LogP contribution in [0, 0.1) is 0 Å². The second-order valence-electron chi connectivity index (χ2n) is 6.72. The minimum atomic E-state index is 0. The van der Waals surface area contributed by atoms with Crippen molar-refractivity contribution in [2.24, 2.45) is 4.99 Å². The summed E-state index contributed by atoms with van der Waals surface area (Å²) in [5, 5.41) is 6.62. The number of nitrogens with zero attached hydrogens (tertiary/aromatic N) is 3. The van der Waals surface area contributed by atoms with Crippen molar-refractivity contribution in [1.29, 1.82) is 0 Å². The summed E-state index contributed by atoms with van der Waals surface area (Å²) in [4.78, 5) is 13.4. The highest BCUT2D eigenvalue weighted by molar-refractivity contribution is 14.0. The van der Waals surface area contributed by atoms with E-state index in [1.807, 2.05) is 42.7 Å². The van der Waals surface area contributed by atoms with Gasteiger partial charge in [-0.05, 0) is 50.3 Å². The SMILES string of the molecule is CCNC(=NCc1ccc(OC2CCCC2)nc1)NCCc1ccccn1.I. The molecular formula is C21H30IN5O. The number of guanidine groups is 1. The Balaban J connectivity index is 0.00000280. The minimum Gasteiger partial charge on any atom is -0.474 e. The van der Waals surface area contributed by atoms with Gasteiger partial charge in [0.1, 0.15) is 6.10 Å². The summed E-state index contributed by atoms with van der Waals surface area (Å²) >= 11 is 0. The summed E-state index contributed by atoms with van der Waals surface area (Å²) in [5.41, 5.74) is 2.14. The lowest BCUT2D eigenvalue weighted by atomic mass is 10.3. The molecule has 0 aliphatic heterocycles. The van der Waals surface area contributed by atoms with Crippen LogP contribution in [0.1, 0.15) is 43.9 Å². The second-order valence-corrected chi connectivity index (χ2v) is 6.72. The number of hydrogen-bond acceptors (Lipinski definition) is 4. The molecular weight excluding hydrogens is 465 g/mol. The molecule has 7 heteroatoms. The Morgan fingerprint density at radius 2 is 2.00 bits per heavy atom. The molecule has 1 aliphatic carbocycles. The van der Waals surface area contributed by atoms with Gasteiger partial charge in [-0.15, -0.1) is 24.0 Å². The molecule has 1 fully saturated rings. The lowest BCUT2D eigenvalue weighted by Crippen LogP contribution is -2.38. The van der Waals surface area contributed by atoms with Crippen LogP contribution in [0.15, 0.2) is 47.7 Å². The first-order chi connectivity index (χ1) is 13.3. The Morgan fingerprint density at radius 1 is 1.14 bits per heavy atom. The molecule has 0 bridgehead atoms. The van der Waals surface area contributed by atoms with Crippen LogP contribution in [-0.4, -0.2) is 35.1 Å². The smallest absolute Gasteiger partial charge is 0.213 e. The van der Waals surface area contributed by atoms with Gasteiger partial charge in [0.05, 0.1) is 6.54 Å². The molecule has 2 N–H and O–H groups in total. The van der Waals surface area contributed by atoms with Crippen molar-refractivity contribution in [2.45, 2.75) is 51.7 Å². The van der Waals surface area contributed by atoms with Gasteiger partial charge in [0.25, 0.3) is 0 Å². The van der Waals surface area contributed by atoms with Crippen molar-refractivity contribution in [3.63, 3.8) is 0 Å². The first-order valence-corrected chi connectivity index (χ1v) is 9.87. The third-order valence-corrected chi connectivity index (χ3v) is 4.55. The zero-order valence-corrected chi connectivity index (χ0v) is 18.8. The van der Waals surface area contributed by atoms with Crippen LogP contribution in [-0.2, 0) is 13.0 Å². The quantitative estimate of drug-likeness (QED) is 0.332. The van der Waals surface area contributed by atoms with Crippen LogP contribution in [0.3, 0.4) is 0 Å². The normalized spacial score (nSPS) is 14.4. The number of aliphatic imine (C=N–C) groups is 1. The van der Waals surface area contributed by atoms with Crippen LogP contribution in [0.2, 0.25) is 0 Å². The summed E-state index contributed by atoms with van der Waals surface area (Å²) in [6, 6.07) is 9.96. The molecule has 0 saturated heterocycles. The molecule has 0 radical (unpaired) electrons. The molecule has 0 aromatic carbocycles. The zero-order valence-electron chi connectivity index (χ0n) is 16.4. The van der Waals surface area contributed by atoms with Crippen LogP contribution in [0.4, 0.5) is 0 Å². The van der Waals surface area contributed by atoms with E-state index in [0.717, 1.165) is 55.4 Å². The number of hydrogen-bond donors (Lipinski definition) is 2. The van der Waals surface area contributed by atoms with Crippen molar-refractivity contribution >= 4 is 29.9 Å². The number of ether oxygens (including phenoxy) is 1. The van der Waals surface area contributed by atoms with Gasteiger partial charge in [0.15, 0.2) is 5.96 Å². The number of pyridine rings is 2. The standard InChI is InChI=1S/C21H29N5O.HI/c1-2-22-21(24-14-12-18-7-5-6-13-23-18)26-16-17-10-11-20(25-15-17)27-19-8-3-4-9-19;/h5-7,10-11,13,15,19H,2-4,8-9,12,14,16H2,1H3,(H2,22,24,26);1H. The fourth-order valence-electron chi connectivity index (χ4n) is 3.12. The molecule has 152 valence electrons. The van der Waals surface area contributed by atoms with Gasteiger partial charge in [-0.25, -0.2) is 9.98 Å². The van der Waals surface area contributed by atoms with Gasteiger partial charge < -0.3 is 15.4 Å². The van der Waals surface area contributed by atoms with E-state index in [4.69, 9.17) is 4.74 Å². The molecule has 1 aliphatic rings. The van der Waals surface area contributed by atoms with Gasteiger partial charge in [0, 0.05) is 43.7 Å². The molecule has 28 heavy (non-hydrogen) atoms. The van der Waals surface area contributed by atoms with Gasteiger partial charge >= 0.3 is 0 Å². The van der Waals surface area contributed by atoms with Crippen LogP contribution in [0.25, 0.3) is 0 Å². The van der Waals surface area contributed by atoms with E-state index in [1.54, 1.807) is 0 Å². The second kappa shape index (κ2) is 12.5. The van der Waals surface area contributed by atoms with E-state index in [-0.39, 0.29) is 24.0 Å². The molecule has 0 spiro atoms. The summed E-state index contributed by atoms with van der Waals surface area (Å²) < 4.78 is 5.91. The van der Waals surface area contributed by atoms with E-state index >= 15 is 0 Å². The average Bonchev–Trinajstić information content (AvgIpc) is 3.21. The van der Waals surface area contributed by atoms with E-state index in [0.29, 0.717) is 12.6 Å². The largest absolute Gasteiger partial charge is 0.474 e. The molecule has 1 saturated carbocycles. The lowest BCUT2D eigenvalue weighted by Gasteiger charge is -2.12. The Hall–Kier alpha value is -1.90. The first-order valence-electron chi connectivity index (χ1n) is 9.87. The zero-order chi connectivity index (χ0) is 18.7. The van der Waals surface area contributed by atoms with Crippen molar-refractivity contribution in [3.05, 3.63) is 54.0 Å². The fourth-order valence-corrected chi connectivity index (χ4v) is 3.12. The first kappa shape index (κ1) is 22.4. The lowest BCUT2D eigenvalue weighted by molar-refractivity contribution is 0.201. The fraction of sp³-hybridized carbons (Fsp3) is 0.476. The van der Waals surface area contributed by atoms with Crippen LogP contribution in [0.5, 0.6) is 5.88 Å². The molecule has 0 amide bonds. The summed E-state index contributed by atoms with van der Waals surface area (Å²) in [5.74, 6) is 1.52. The maximum absolute atomic E-state index is 5.91. The molecule has 2 aromatic heterocycles. The monoisotopic (exact) mass is 495 g/mol. The van der Waals surface area contributed by atoms with E-state index in [1.165, 1.54) is 12.8 Å².